The topological polar surface area (TPSA) is 54.3 Å². The Morgan fingerprint density at radius 1 is 1.12 bits per heavy atom. The van der Waals surface area contributed by atoms with Crippen molar-refractivity contribution in [3.63, 3.8) is 0 Å². The largest absolute Gasteiger partial charge is 0.542 e. The van der Waals surface area contributed by atoms with Gasteiger partial charge in [-0.15, -0.1) is 0 Å². The van der Waals surface area contributed by atoms with Gasteiger partial charge in [-0.2, -0.15) is 13.2 Å². The molecule has 2 aromatic rings. The molecule has 0 aliphatic heterocycles. The van der Waals surface area contributed by atoms with E-state index in [2.05, 4.69) is 23.2 Å². The molecule has 0 bridgehead atoms. The number of hydrogen-bond acceptors (Lipinski definition) is 2. The summed E-state index contributed by atoms with van der Waals surface area (Å²) < 4.78 is 31.5. The molecule has 0 fully saturated rings. The number of carboxylic acids is 1. The average Bonchev–Trinajstić information content (AvgIpc) is 2.29. The summed E-state index contributed by atoms with van der Waals surface area (Å²) in [5.74, 6) is -3.01. The Balaban J connectivity index is 0.000000185. The van der Waals surface area contributed by atoms with Crippen LogP contribution in [0, 0.1) is 0 Å². The molecule has 1 aromatic heterocycles. The Bertz CT molecular complexity index is 446. The van der Waals surface area contributed by atoms with Crippen molar-refractivity contribution in [3.8, 4) is 0 Å². The minimum atomic E-state index is -5.19. The maximum Gasteiger partial charge on any atom is 0.430 e. The smallest absolute Gasteiger partial charge is 0.430 e. The molecule has 1 heterocycles. The van der Waals surface area contributed by atoms with Crippen molar-refractivity contribution in [2.24, 2.45) is 0 Å². The number of rotatable bonds is 0. The zero-order valence-electron chi connectivity index (χ0n) is 8.49. The van der Waals surface area contributed by atoms with Crippen molar-refractivity contribution >= 4 is 16.9 Å². The van der Waals surface area contributed by atoms with Crippen molar-refractivity contribution in [1.82, 2.24) is 0 Å². The fourth-order valence-electron chi connectivity index (χ4n) is 1.06. The first kappa shape index (κ1) is 13.0. The Morgan fingerprint density at radius 3 is 2.18 bits per heavy atom. The maximum atomic E-state index is 10.5. The Hall–Kier alpha value is -2.11. The highest BCUT2D eigenvalue weighted by Crippen LogP contribution is 2.11. The fraction of sp³-hybridized carbons (Fsp3) is 0.0909. The highest BCUT2D eigenvalue weighted by molar-refractivity contribution is 5.74. The normalized spacial score (nSPS) is 10.5. The van der Waals surface area contributed by atoms with Crippen LogP contribution in [0.5, 0.6) is 0 Å². The average molecular weight is 243 g/mol. The predicted molar refractivity (Wildman–Crippen MR) is 51.6 cm³/mol. The number of nitrogens with one attached hydrogen (secondary N) is 1. The van der Waals surface area contributed by atoms with Gasteiger partial charge in [-0.3, -0.25) is 0 Å². The number of aliphatic carboxylic acids is 1. The standard InChI is InChI=1S/C9H7N.C2HF3O2/c1-2-6-9-8(4-1)5-3-7-10-9;3-2(4,5)1(6)7/h1-7H;(H,6,7). The summed E-state index contributed by atoms with van der Waals surface area (Å²) in [5, 5.41) is 10.0. The fourth-order valence-corrected chi connectivity index (χ4v) is 1.06. The predicted octanol–water partition coefficient (Wildman–Crippen LogP) is 0.952. The molecule has 0 unspecified atom stereocenters. The van der Waals surface area contributed by atoms with Gasteiger partial charge in [0.15, 0.2) is 6.20 Å². The van der Waals surface area contributed by atoms with Crippen molar-refractivity contribution < 1.29 is 28.1 Å². The van der Waals surface area contributed by atoms with Crippen molar-refractivity contribution in [3.05, 3.63) is 42.6 Å². The Morgan fingerprint density at radius 2 is 1.65 bits per heavy atom. The summed E-state index contributed by atoms with van der Waals surface area (Å²) in [5.41, 5.74) is 1.19. The third-order valence-corrected chi connectivity index (χ3v) is 1.80. The van der Waals surface area contributed by atoms with Gasteiger partial charge < -0.3 is 9.90 Å². The number of H-pyrrole nitrogens is 1. The molecule has 0 atom stereocenters. The lowest BCUT2D eigenvalue weighted by atomic mass is 10.2. The number of alkyl halides is 3. The molecule has 3 nitrogen and oxygen atoms in total. The number of fused-ring (bicyclic) bond motifs is 1. The van der Waals surface area contributed by atoms with Gasteiger partial charge in [-0.25, -0.2) is 4.98 Å². The number of hydrogen-bond donors (Lipinski definition) is 0. The lowest BCUT2D eigenvalue weighted by Crippen LogP contribution is -2.37. The quantitative estimate of drug-likeness (QED) is 0.691. The molecule has 0 aliphatic carbocycles. The first-order valence-electron chi connectivity index (χ1n) is 4.55. The van der Waals surface area contributed by atoms with E-state index in [0.29, 0.717) is 0 Å². The van der Waals surface area contributed by atoms with E-state index in [0.717, 1.165) is 0 Å². The first-order chi connectivity index (χ1) is 7.91. The molecular weight excluding hydrogens is 235 g/mol. The van der Waals surface area contributed by atoms with Gasteiger partial charge in [0.2, 0.25) is 5.52 Å². The number of carbonyl (C=O) groups is 1. The van der Waals surface area contributed by atoms with Crippen LogP contribution in [0.1, 0.15) is 0 Å². The second-order valence-electron chi connectivity index (χ2n) is 3.04. The molecule has 2 rings (SSSR count). The van der Waals surface area contributed by atoms with Gasteiger partial charge in [-0.05, 0) is 12.1 Å². The third kappa shape index (κ3) is 4.10. The lowest BCUT2D eigenvalue weighted by Gasteiger charge is -2.03. The maximum absolute atomic E-state index is 10.5. The molecule has 0 radical (unpaired) electrons. The van der Waals surface area contributed by atoms with Crippen LogP contribution in [0.15, 0.2) is 42.6 Å². The minimum absolute atomic E-state index is 1.19. The summed E-state index contributed by atoms with van der Waals surface area (Å²) in [6.45, 7) is 0. The van der Waals surface area contributed by atoms with Crippen LogP contribution in [0.25, 0.3) is 10.9 Å². The number of benzene rings is 1. The van der Waals surface area contributed by atoms with Crippen LogP contribution < -0.4 is 10.1 Å². The lowest BCUT2D eigenvalue weighted by molar-refractivity contribution is -0.344. The molecule has 0 saturated heterocycles. The van der Waals surface area contributed by atoms with E-state index in [1.807, 2.05) is 24.4 Å². The SMILES string of the molecule is O=C([O-])C(F)(F)F.c1ccc2[nH+]cccc2c1. The van der Waals surface area contributed by atoms with E-state index >= 15 is 0 Å². The zero-order chi connectivity index (χ0) is 12.9. The van der Waals surface area contributed by atoms with Crippen LogP contribution in [0.4, 0.5) is 13.2 Å². The van der Waals surface area contributed by atoms with Gasteiger partial charge in [-0.1, -0.05) is 12.1 Å². The summed E-state index contributed by atoms with van der Waals surface area (Å²) >= 11 is 0. The van der Waals surface area contributed by atoms with E-state index in [4.69, 9.17) is 9.90 Å². The van der Waals surface area contributed by atoms with Crippen LogP contribution in [-0.2, 0) is 4.79 Å². The van der Waals surface area contributed by atoms with Crippen molar-refractivity contribution in [2.75, 3.05) is 0 Å². The van der Waals surface area contributed by atoms with Crippen LogP contribution in [0.2, 0.25) is 0 Å². The monoisotopic (exact) mass is 243 g/mol. The van der Waals surface area contributed by atoms with E-state index in [-0.39, 0.29) is 0 Å². The van der Waals surface area contributed by atoms with Crippen LogP contribution >= 0.6 is 0 Å². The van der Waals surface area contributed by atoms with Crippen LogP contribution in [-0.4, -0.2) is 12.1 Å². The molecular formula is C11H8F3NO2. The second-order valence-corrected chi connectivity index (χ2v) is 3.04. The first-order valence-corrected chi connectivity index (χ1v) is 4.55. The molecule has 6 heteroatoms. The number of halogens is 3. The molecule has 0 amide bonds. The van der Waals surface area contributed by atoms with E-state index in [1.54, 1.807) is 0 Å². The zero-order valence-corrected chi connectivity index (χ0v) is 8.49. The Kier molecular flexibility index (Phi) is 4.03. The summed E-state index contributed by atoms with van der Waals surface area (Å²) in [6.07, 6.45) is -3.26. The van der Waals surface area contributed by atoms with Gasteiger partial charge >= 0.3 is 6.18 Å². The van der Waals surface area contributed by atoms with E-state index in [9.17, 15) is 13.2 Å². The van der Waals surface area contributed by atoms with E-state index in [1.165, 1.54) is 10.9 Å². The number of aromatic nitrogens is 1. The van der Waals surface area contributed by atoms with E-state index < -0.39 is 12.1 Å². The number of carbonyl (C=O) groups excluding carboxylic acids is 1. The number of carboxylic acid groups (broad SMARTS) is 1. The molecule has 0 aliphatic rings. The highest BCUT2D eigenvalue weighted by Gasteiger charge is 2.28. The number of aromatic amines is 1. The molecule has 90 valence electrons. The van der Waals surface area contributed by atoms with Crippen molar-refractivity contribution in [1.29, 1.82) is 0 Å². The summed E-state index contributed by atoms with van der Waals surface area (Å²) in [7, 11) is 0. The molecule has 17 heavy (non-hydrogen) atoms. The second kappa shape index (κ2) is 5.29. The van der Waals surface area contributed by atoms with Crippen LogP contribution in [0.3, 0.4) is 0 Å². The summed E-state index contributed by atoms with van der Waals surface area (Å²) in [6, 6.07) is 12.3. The highest BCUT2D eigenvalue weighted by atomic mass is 19.4. The number of pyridine rings is 1. The van der Waals surface area contributed by atoms with Crippen molar-refractivity contribution in [2.45, 2.75) is 6.18 Å². The molecule has 1 aromatic carbocycles. The molecule has 1 N–H and O–H groups in total. The van der Waals surface area contributed by atoms with Gasteiger partial charge in [0.25, 0.3) is 0 Å². The van der Waals surface area contributed by atoms with Gasteiger partial charge in [0.05, 0.1) is 0 Å². The minimum Gasteiger partial charge on any atom is -0.542 e. The molecule has 0 saturated carbocycles. The van der Waals surface area contributed by atoms with Gasteiger partial charge in [0.1, 0.15) is 5.97 Å². The van der Waals surface area contributed by atoms with Gasteiger partial charge in [0, 0.05) is 17.5 Å². The Labute approximate surface area is 94.5 Å². The number of para-hydroxylation sites is 1. The molecule has 0 spiro atoms. The third-order valence-electron chi connectivity index (χ3n) is 1.80. The summed E-state index contributed by atoms with van der Waals surface area (Å²) in [4.78, 5) is 11.9.